The third-order valence-electron chi connectivity index (χ3n) is 1.69. The Morgan fingerprint density at radius 2 is 2.33 bits per heavy atom. The summed E-state index contributed by atoms with van der Waals surface area (Å²) < 4.78 is 23.8. The van der Waals surface area contributed by atoms with Gasteiger partial charge in [-0.05, 0) is 12.8 Å². The maximum Gasteiger partial charge on any atom is 0.242 e. The molecule has 0 atom stereocenters. The molecular formula is C8H9F2NO. The minimum atomic E-state index is -2.24. The molecule has 1 fully saturated rings. The zero-order chi connectivity index (χ0) is 8.97. The summed E-state index contributed by atoms with van der Waals surface area (Å²) in [6, 6.07) is 0. The van der Waals surface area contributed by atoms with Gasteiger partial charge in [-0.2, -0.15) is 0 Å². The van der Waals surface area contributed by atoms with E-state index in [9.17, 15) is 8.78 Å². The Bertz CT molecular complexity index is 212. The van der Waals surface area contributed by atoms with Crippen LogP contribution in [0.15, 0.2) is 5.16 Å². The maximum absolute atomic E-state index is 11.9. The maximum atomic E-state index is 11.9. The van der Waals surface area contributed by atoms with Crippen LogP contribution in [-0.4, -0.2) is 18.7 Å². The molecule has 1 aliphatic carbocycles. The summed E-state index contributed by atoms with van der Waals surface area (Å²) in [6.07, 6.45) is 3.32. The fourth-order valence-corrected chi connectivity index (χ4v) is 0.959. The SMILES string of the molecule is C#CCON=C1CC(C(F)F)C1. The molecule has 0 aromatic carbocycles. The highest BCUT2D eigenvalue weighted by atomic mass is 19.3. The van der Waals surface area contributed by atoms with E-state index in [4.69, 9.17) is 6.42 Å². The van der Waals surface area contributed by atoms with Crippen molar-refractivity contribution in [2.45, 2.75) is 19.3 Å². The van der Waals surface area contributed by atoms with Gasteiger partial charge in [0, 0.05) is 5.92 Å². The Kier molecular flexibility index (Phi) is 3.03. The highest BCUT2D eigenvalue weighted by molar-refractivity contribution is 5.89. The molecule has 0 aliphatic heterocycles. The summed E-state index contributed by atoms with van der Waals surface area (Å²) in [4.78, 5) is 4.62. The van der Waals surface area contributed by atoms with E-state index >= 15 is 0 Å². The molecule has 0 saturated heterocycles. The summed E-state index contributed by atoms with van der Waals surface area (Å²) in [7, 11) is 0. The zero-order valence-electron chi connectivity index (χ0n) is 6.46. The Morgan fingerprint density at radius 3 is 2.83 bits per heavy atom. The molecule has 0 N–H and O–H groups in total. The standard InChI is InChI=1S/C8H9F2NO/c1-2-3-12-11-7-4-6(5-7)8(9)10/h1,6,8H,3-5H2. The monoisotopic (exact) mass is 173 g/mol. The lowest BCUT2D eigenvalue weighted by molar-refractivity contribution is 0.0683. The number of terminal acetylenes is 1. The molecule has 0 bridgehead atoms. The van der Waals surface area contributed by atoms with Crippen molar-refractivity contribution in [2.24, 2.45) is 11.1 Å². The number of hydrogen-bond acceptors (Lipinski definition) is 2. The van der Waals surface area contributed by atoms with Gasteiger partial charge in [0.2, 0.25) is 6.43 Å². The molecule has 4 heteroatoms. The molecule has 1 rings (SSSR count). The number of alkyl halides is 2. The van der Waals surface area contributed by atoms with Crippen molar-refractivity contribution in [1.29, 1.82) is 0 Å². The van der Waals surface area contributed by atoms with Crippen LogP contribution in [-0.2, 0) is 4.84 Å². The minimum Gasteiger partial charge on any atom is -0.383 e. The first-order valence-electron chi connectivity index (χ1n) is 3.63. The lowest BCUT2D eigenvalue weighted by Crippen LogP contribution is -2.29. The van der Waals surface area contributed by atoms with Crippen molar-refractivity contribution >= 4 is 5.71 Å². The van der Waals surface area contributed by atoms with E-state index in [1.165, 1.54) is 0 Å². The molecule has 0 unspecified atom stereocenters. The van der Waals surface area contributed by atoms with Gasteiger partial charge in [0.15, 0.2) is 6.61 Å². The van der Waals surface area contributed by atoms with Crippen molar-refractivity contribution in [3.05, 3.63) is 0 Å². The van der Waals surface area contributed by atoms with Crippen LogP contribution in [0.3, 0.4) is 0 Å². The second kappa shape index (κ2) is 4.05. The molecule has 0 spiro atoms. The number of nitrogens with zero attached hydrogens (tertiary/aromatic N) is 1. The van der Waals surface area contributed by atoms with E-state index in [1.54, 1.807) is 0 Å². The van der Waals surface area contributed by atoms with Gasteiger partial charge >= 0.3 is 0 Å². The summed E-state index contributed by atoms with van der Waals surface area (Å²) in [5.41, 5.74) is 0.676. The summed E-state index contributed by atoms with van der Waals surface area (Å²) in [5, 5.41) is 3.59. The van der Waals surface area contributed by atoms with Crippen LogP contribution in [0, 0.1) is 18.3 Å². The van der Waals surface area contributed by atoms with Crippen LogP contribution < -0.4 is 0 Å². The fraction of sp³-hybridized carbons (Fsp3) is 0.625. The predicted octanol–water partition coefficient (Wildman–Crippen LogP) is 1.67. The molecule has 0 heterocycles. The molecule has 0 aromatic rings. The lowest BCUT2D eigenvalue weighted by atomic mass is 9.84. The second-order valence-electron chi connectivity index (χ2n) is 2.64. The molecule has 0 aromatic heterocycles. The Balaban J connectivity index is 2.17. The van der Waals surface area contributed by atoms with Gasteiger partial charge in [0.05, 0.1) is 5.71 Å². The smallest absolute Gasteiger partial charge is 0.242 e. The molecule has 12 heavy (non-hydrogen) atoms. The number of hydrogen-bond donors (Lipinski definition) is 0. The first-order chi connectivity index (χ1) is 5.74. The lowest BCUT2D eigenvalue weighted by Gasteiger charge is -2.25. The Labute approximate surface area is 69.6 Å². The highest BCUT2D eigenvalue weighted by Gasteiger charge is 2.32. The largest absolute Gasteiger partial charge is 0.383 e. The van der Waals surface area contributed by atoms with E-state index in [2.05, 4.69) is 15.9 Å². The zero-order valence-corrected chi connectivity index (χ0v) is 6.46. The van der Waals surface area contributed by atoms with Gasteiger partial charge in [0.25, 0.3) is 0 Å². The van der Waals surface area contributed by atoms with E-state index in [0.717, 1.165) is 0 Å². The van der Waals surface area contributed by atoms with Gasteiger partial charge in [-0.3, -0.25) is 0 Å². The van der Waals surface area contributed by atoms with E-state index in [0.29, 0.717) is 18.6 Å². The average Bonchev–Trinajstić information content (AvgIpc) is 1.93. The van der Waals surface area contributed by atoms with Crippen LogP contribution >= 0.6 is 0 Å². The molecule has 2 nitrogen and oxygen atoms in total. The minimum absolute atomic E-state index is 0.100. The summed E-state index contributed by atoms with van der Waals surface area (Å²) in [6.45, 7) is 0.100. The Hall–Kier alpha value is -1.11. The summed E-state index contributed by atoms with van der Waals surface area (Å²) >= 11 is 0. The van der Waals surface area contributed by atoms with E-state index in [-0.39, 0.29) is 6.61 Å². The Morgan fingerprint density at radius 1 is 1.67 bits per heavy atom. The quantitative estimate of drug-likeness (QED) is 0.361. The normalized spacial score (nSPS) is 21.5. The van der Waals surface area contributed by atoms with E-state index in [1.807, 2.05) is 0 Å². The molecule has 0 amide bonds. The van der Waals surface area contributed by atoms with Gasteiger partial charge in [0.1, 0.15) is 0 Å². The molecule has 1 saturated carbocycles. The fourth-order valence-electron chi connectivity index (χ4n) is 0.959. The number of rotatable bonds is 3. The van der Waals surface area contributed by atoms with Crippen LogP contribution in [0.25, 0.3) is 0 Å². The molecule has 0 radical (unpaired) electrons. The topological polar surface area (TPSA) is 21.6 Å². The van der Waals surface area contributed by atoms with Gasteiger partial charge in [-0.15, -0.1) is 6.42 Å². The molecule has 1 aliphatic rings. The third-order valence-corrected chi connectivity index (χ3v) is 1.69. The van der Waals surface area contributed by atoms with E-state index < -0.39 is 12.3 Å². The average molecular weight is 173 g/mol. The number of oxime groups is 1. The van der Waals surface area contributed by atoms with Crippen molar-refractivity contribution < 1.29 is 13.6 Å². The first-order valence-corrected chi connectivity index (χ1v) is 3.63. The van der Waals surface area contributed by atoms with Gasteiger partial charge in [-0.25, -0.2) is 8.78 Å². The van der Waals surface area contributed by atoms with Gasteiger partial charge in [-0.1, -0.05) is 11.1 Å². The van der Waals surface area contributed by atoms with Crippen molar-refractivity contribution in [3.8, 4) is 12.3 Å². The second-order valence-corrected chi connectivity index (χ2v) is 2.64. The number of halogens is 2. The van der Waals surface area contributed by atoms with Crippen molar-refractivity contribution in [3.63, 3.8) is 0 Å². The van der Waals surface area contributed by atoms with Crippen molar-refractivity contribution in [2.75, 3.05) is 6.61 Å². The highest BCUT2D eigenvalue weighted by Crippen LogP contribution is 2.30. The van der Waals surface area contributed by atoms with Crippen LogP contribution in [0.4, 0.5) is 8.78 Å². The first kappa shape index (κ1) is 8.98. The third kappa shape index (κ3) is 2.19. The molecule has 66 valence electrons. The van der Waals surface area contributed by atoms with Crippen LogP contribution in [0.2, 0.25) is 0 Å². The van der Waals surface area contributed by atoms with Crippen LogP contribution in [0.5, 0.6) is 0 Å². The van der Waals surface area contributed by atoms with Crippen LogP contribution in [0.1, 0.15) is 12.8 Å². The molecular weight excluding hydrogens is 164 g/mol. The predicted molar refractivity (Wildman–Crippen MR) is 40.9 cm³/mol. The van der Waals surface area contributed by atoms with Gasteiger partial charge < -0.3 is 4.84 Å². The summed E-state index contributed by atoms with van der Waals surface area (Å²) in [5.74, 6) is 1.70. The van der Waals surface area contributed by atoms with Crippen molar-refractivity contribution in [1.82, 2.24) is 0 Å².